The summed E-state index contributed by atoms with van der Waals surface area (Å²) in [5.74, 6) is -0.0815. The van der Waals surface area contributed by atoms with Gasteiger partial charge in [-0.25, -0.2) is 4.98 Å². The van der Waals surface area contributed by atoms with Gasteiger partial charge in [-0.2, -0.15) is 0 Å². The van der Waals surface area contributed by atoms with Crippen molar-refractivity contribution < 1.29 is 4.79 Å². The van der Waals surface area contributed by atoms with E-state index in [1.165, 1.54) is 28.9 Å². The molecule has 3 heterocycles. The number of fused-ring (bicyclic) bond motifs is 1. The molecule has 1 aliphatic carbocycles. The fraction of sp³-hybridized carbons (Fsp3) is 0.355. The Hall–Kier alpha value is -3.84. The number of imidazole rings is 1. The minimum Gasteiger partial charge on any atom is -0.348 e. The summed E-state index contributed by atoms with van der Waals surface area (Å²) in [4.78, 5) is 28.7. The molecule has 0 aliphatic heterocycles. The number of rotatable bonds is 9. The zero-order chi connectivity index (χ0) is 26.5. The van der Waals surface area contributed by atoms with Crippen molar-refractivity contribution >= 4 is 5.91 Å². The Labute approximate surface area is 225 Å². The molecule has 0 saturated carbocycles. The van der Waals surface area contributed by atoms with Crippen LogP contribution in [0.2, 0.25) is 0 Å². The van der Waals surface area contributed by atoms with Crippen molar-refractivity contribution in [1.29, 1.82) is 0 Å². The molecule has 4 aromatic rings. The van der Waals surface area contributed by atoms with Gasteiger partial charge in [0.05, 0.1) is 29.3 Å². The zero-order valence-electron chi connectivity index (χ0n) is 22.5. The molecule has 1 amide bonds. The number of benzene rings is 1. The number of carbonyl (C=O) groups excluding carboxylic acids is 1. The highest BCUT2D eigenvalue weighted by Gasteiger charge is 2.27. The second-order valence-electron chi connectivity index (χ2n) is 10.3. The third kappa shape index (κ3) is 5.83. The number of pyridine rings is 2. The minimum atomic E-state index is -0.0815. The third-order valence-corrected chi connectivity index (χ3v) is 7.62. The molecule has 38 heavy (non-hydrogen) atoms. The minimum absolute atomic E-state index is 0.0815. The van der Waals surface area contributed by atoms with Crippen molar-refractivity contribution in [2.45, 2.75) is 58.7 Å². The molecule has 1 aliphatic rings. The quantitative estimate of drug-likeness (QED) is 0.349. The van der Waals surface area contributed by atoms with E-state index in [2.05, 4.69) is 68.2 Å². The Morgan fingerprint density at radius 1 is 1.08 bits per heavy atom. The lowest BCUT2D eigenvalue weighted by Gasteiger charge is -2.35. The maximum Gasteiger partial charge on any atom is 0.253 e. The second kappa shape index (κ2) is 11.7. The summed E-state index contributed by atoms with van der Waals surface area (Å²) in [6.07, 6.45) is 11.8. The van der Waals surface area contributed by atoms with Gasteiger partial charge in [-0.05, 0) is 67.5 Å². The SMILES string of the molecule is Cc1ccnc(C)c1C(=O)NCc1ccc(CN(CCc2cncn2C)C2CCCc3cccnc32)cc1. The van der Waals surface area contributed by atoms with Crippen LogP contribution in [0.5, 0.6) is 0 Å². The summed E-state index contributed by atoms with van der Waals surface area (Å²) < 4.78 is 2.10. The van der Waals surface area contributed by atoms with Crippen LogP contribution in [0.25, 0.3) is 0 Å². The first-order valence-electron chi connectivity index (χ1n) is 13.4. The molecule has 0 radical (unpaired) electrons. The topological polar surface area (TPSA) is 75.9 Å². The van der Waals surface area contributed by atoms with Crippen molar-refractivity contribution in [3.05, 3.63) is 112 Å². The maximum absolute atomic E-state index is 12.8. The van der Waals surface area contributed by atoms with Gasteiger partial charge in [-0.15, -0.1) is 0 Å². The maximum atomic E-state index is 12.8. The predicted molar refractivity (Wildman–Crippen MR) is 149 cm³/mol. The lowest BCUT2D eigenvalue weighted by Crippen LogP contribution is -2.33. The zero-order valence-corrected chi connectivity index (χ0v) is 22.5. The molecular weight excluding hydrogens is 472 g/mol. The van der Waals surface area contributed by atoms with E-state index in [-0.39, 0.29) is 5.91 Å². The Morgan fingerprint density at radius 3 is 2.66 bits per heavy atom. The fourth-order valence-corrected chi connectivity index (χ4v) is 5.47. The van der Waals surface area contributed by atoms with Crippen LogP contribution in [0.4, 0.5) is 0 Å². The predicted octanol–water partition coefficient (Wildman–Crippen LogP) is 4.88. The van der Waals surface area contributed by atoms with Crippen LogP contribution < -0.4 is 5.32 Å². The normalized spacial score (nSPS) is 14.9. The van der Waals surface area contributed by atoms with Crippen molar-refractivity contribution in [1.82, 2.24) is 29.7 Å². The van der Waals surface area contributed by atoms with E-state index in [4.69, 9.17) is 4.98 Å². The second-order valence-corrected chi connectivity index (χ2v) is 10.3. The standard InChI is InChI=1S/C31H36N6O/c1-22-13-16-33-23(2)29(22)31(38)35-18-24-9-11-25(12-10-24)20-37(17-14-27-19-32-21-36(27)3)28-8-4-6-26-7-5-15-34-30(26)28/h5,7,9-13,15-16,19,21,28H,4,6,8,14,17-18,20H2,1-3H3,(H,35,38). The van der Waals surface area contributed by atoms with Crippen LogP contribution in [0.15, 0.2) is 67.4 Å². The lowest BCUT2D eigenvalue weighted by atomic mass is 9.90. The molecule has 1 aromatic carbocycles. The molecule has 0 bridgehead atoms. The van der Waals surface area contributed by atoms with Crippen LogP contribution in [0.3, 0.4) is 0 Å². The lowest BCUT2D eigenvalue weighted by molar-refractivity contribution is 0.0949. The average Bonchev–Trinajstić information content (AvgIpc) is 3.34. The molecule has 1 unspecified atom stereocenters. The number of amides is 1. The van der Waals surface area contributed by atoms with Crippen molar-refractivity contribution in [2.75, 3.05) is 6.54 Å². The van der Waals surface area contributed by atoms with E-state index >= 15 is 0 Å². The summed E-state index contributed by atoms with van der Waals surface area (Å²) in [5.41, 5.74) is 8.52. The van der Waals surface area contributed by atoms with E-state index in [0.29, 0.717) is 18.2 Å². The van der Waals surface area contributed by atoms with Gasteiger partial charge in [0, 0.05) is 57.4 Å². The van der Waals surface area contributed by atoms with Crippen LogP contribution in [0.1, 0.15) is 68.6 Å². The van der Waals surface area contributed by atoms with Gasteiger partial charge in [-0.3, -0.25) is 19.7 Å². The van der Waals surface area contributed by atoms with E-state index in [0.717, 1.165) is 49.2 Å². The number of carbonyl (C=O) groups is 1. The molecular formula is C31H36N6O. The highest BCUT2D eigenvalue weighted by Crippen LogP contribution is 2.34. The number of aromatic nitrogens is 4. The van der Waals surface area contributed by atoms with Crippen LogP contribution >= 0.6 is 0 Å². The van der Waals surface area contributed by atoms with Crippen LogP contribution in [0, 0.1) is 13.8 Å². The van der Waals surface area contributed by atoms with E-state index in [9.17, 15) is 4.79 Å². The van der Waals surface area contributed by atoms with E-state index in [1.807, 2.05) is 38.6 Å². The summed E-state index contributed by atoms with van der Waals surface area (Å²) in [6, 6.07) is 15.1. The van der Waals surface area contributed by atoms with Gasteiger partial charge in [-0.1, -0.05) is 30.3 Å². The highest BCUT2D eigenvalue weighted by molar-refractivity contribution is 5.96. The number of aryl methyl sites for hydroxylation is 4. The molecule has 196 valence electrons. The number of hydrogen-bond acceptors (Lipinski definition) is 5. The third-order valence-electron chi connectivity index (χ3n) is 7.62. The molecule has 0 spiro atoms. The smallest absolute Gasteiger partial charge is 0.253 e. The van der Waals surface area contributed by atoms with Crippen molar-refractivity contribution in [3.8, 4) is 0 Å². The molecule has 0 saturated heterocycles. The van der Waals surface area contributed by atoms with E-state index in [1.54, 1.807) is 6.20 Å². The first-order valence-corrected chi connectivity index (χ1v) is 13.4. The monoisotopic (exact) mass is 508 g/mol. The van der Waals surface area contributed by atoms with Gasteiger partial charge in [0.2, 0.25) is 0 Å². The van der Waals surface area contributed by atoms with Gasteiger partial charge in [0.15, 0.2) is 0 Å². The first-order chi connectivity index (χ1) is 18.5. The number of nitrogens with zero attached hydrogens (tertiary/aromatic N) is 5. The summed E-state index contributed by atoms with van der Waals surface area (Å²) in [6.45, 7) is 6.08. The number of hydrogen-bond donors (Lipinski definition) is 1. The summed E-state index contributed by atoms with van der Waals surface area (Å²) in [7, 11) is 2.05. The Kier molecular flexibility index (Phi) is 7.94. The van der Waals surface area contributed by atoms with E-state index < -0.39 is 0 Å². The Morgan fingerprint density at radius 2 is 1.89 bits per heavy atom. The average molecular weight is 509 g/mol. The summed E-state index contributed by atoms with van der Waals surface area (Å²) >= 11 is 0. The Balaban J connectivity index is 1.28. The van der Waals surface area contributed by atoms with Gasteiger partial charge in [0.25, 0.3) is 5.91 Å². The molecule has 5 rings (SSSR count). The summed E-state index contributed by atoms with van der Waals surface area (Å²) in [5, 5.41) is 3.06. The molecule has 7 nitrogen and oxygen atoms in total. The largest absolute Gasteiger partial charge is 0.348 e. The Bertz CT molecular complexity index is 1370. The number of nitrogens with one attached hydrogen (secondary N) is 1. The van der Waals surface area contributed by atoms with Gasteiger partial charge < -0.3 is 9.88 Å². The molecule has 7 heteroatoms. The fourth-order valence-electron chi connectivity index (χ4n) is 5.47. The van der Waals surface area contributed by atoms with Gasteiger partial charge in [0.1, 0.15) is 0 Å². The molecule has 0 fully saturated rings. The van der Waals surface area contributed by atoms with Crippen LogP contribution in [-0.4, -0.2) is 36.9 Å². The van der Waals surface area contributed by atoms with Gasteiger partial charge >= 0.3 is 0 Å². The highest BCUT2D eigenvalue weighted by atomic mass is 16.1. The van der Waals surface area contributed by atoms with Crippen molar-refractivity contribution in [2.24, 2.45) is 7.05 Å². The molecule has 1 atom stereocenters. The first kappa shape index (κ1) is 25.8. The van der Waals surface area contributed by atoms with Crippen LogP contribution in [-0.2, 0) is 33.0 Å². The molecule has 1 N–H and O–H groups in total. The van der Waals surface area contributed by atoms with Crippen molar-refractivity contribution in [3.63, 3.8) is 0 Å². The molecule has 3 aromatic heterocycles.